The van der Waals surface area contributed by atoms with Crippen molar-refractivity contribution in [2.24, 2.45) is 7.05 Å². The van der Waals surface area contributed by atoms with Crippen molar-refractivity contribution in [1.29, 1.82) is 0 Å². The third-order valence-electron chi connectivity index (χ3n) is 4.31. The second-order valence-electron chi connectivity index (χ2n) is 6.29. The number of hydrogen-bond acceptors (Lipinski definition) is 5. The first kappa shape index (κ1) is 20.5. The number of carbonyl (C=O) groups is 1. The Morgan fingerprint density at radius 3 is 2.31 bits per heavy atom. The number of methoxy groups -OCH3 is 2. The standard InChI is InChI=1S/C21H22ClN3O4/c1-25-9-8-23-21(25)20(14-10-17(27-2)12-18(11-14)28-3)24-19(26)13-29-16-6-4-15(22)5-7-16/h4-12,20H,13H2,1-3H3,(H,24,26). The van der Waals surface area contributed by atoms with Crippen molar-refractivity contribution in [3.8, 4) is 17.2 Å². The van der Waals surface area contributed by atoms with Gasteiger partial charge < -0.3 is 24.1 Å². The smallest absolute Gasteiger partial charge is 0.258 e. The molecular weight excluding hydrogens is 394 g/mol. The molecule has 3 rings (SSSR count). The molecule has 29 heavy (non-hydrogen) atoms. The van der Waals surface area contributed by atoms with Gasteiger partial charge in [-0.05, 0) is 42.0 Å². The molecule has 1 atom stereocenters. The van der Waals surface area contributed by atoms with E-state index in [4.69, 9.17) is 25.8 Å². The van der Waals surface area contributed by atoms with E-state index in [1.165, 1.54) is 0 Å². The molecule has 1 N–H and O–H groups in total. The maximum absolute atomic E-state index is 12.6. The van der Waals surface area contributed by atoms with Crippen LogP contribution in [0.1, 0.15) is 17.4 Å². The molecule has 0 radical (unpaired) electrons. The third kappa shape index (κ3) is 5.20. The minimum atomic E-state index is -0.514. The van der Waals surface area contributed by atoms with Crippen LogP contribution in [0.5, 0.6) is 17.2 Å². The highest BCUT2D eigenvalue weighted by Crippen LogP contribution is 2.29. The summed E-state index contributed by atoms with van der Waals surface area (Å²) in [5.41, 5.74) is 0.773. The van der Waals surface area contributed by atoms with Gasteiger partial charge in [0.05, 0.1) is 14.2 Å². The molecule has 1 aromatic heterocycles. The Morgan fingerprint density at radius 2 is 1.76 bits per heavy atom. The van der Waals surface area contributed by atoms with Crippen LogP contribution in [0, 0.1) is 0 Å². The van der Waals surface area contributed by atoms with Gasteiger partial charge in [0.1, 0.15) is 29.1 Å². The van der Waals surface area contributed by atoms with E-state index in [0.29, 0.717) is 28.1 Å². The molecule has 1 unspecified atom stereocenters. The number of amides is 1. The second kappa shape index (κ2) is 9.34. The SMILES string of the molecule is COc1cc(OC)cc(C(NC(=O)COc2ccc(Cl)cc2)c2nccn2C)c1. The van der Waals surface area contributed by atoms with Gasteiger partial charge in [-0.25, -0.2) is 4.98 Å². The van der Waals surface area contributed by atoms with Gasteiger partial charge in [0, 0.05) is 30.5 Å². The topological polar surface area (TPSA) is 74.6 Å². The van der Waals surface area contributed by atoms with E-state index in [9.17, 15) is 4.79 Å². The number of rotatable bonds is 8. The number of imidazole rings is 1. The van der Waals surface area contributed by atoms with E-state index >= 15 is 0 Å². The lowest BCUT2D eigenvalue weighted by Crippen LogP contribution is -2.34. The molecule has 2 aromatic carbocycles. The van der Waals surface area contributed by atoms with Crippen molar-refractivity contribution in [3.63, 3.8) is 0 Å². The fourth-order valence-electron chi connectivity index (χ4n) is 2.83. The average Bonchev–Trinajstić information content (AvgIpc) is 3.16. The Balaban J connectivity index is 1.82. The molecule has 0 fully saturated rings. The number of carbonyl (C=O) groups excluding carboxylic acids is 1. The summed E-state index contributed by atoms with van der Waals surface area (Å²) in [6, 6.07) is 11.7. The van der Waals surface area contributed by atoms with E-state index in [0.717, 1.165) is 5.56 Å². The Bertz CT molecular complexity index is 950. The van der Waals surface area contributed by atoms with Crippen molar-refractivity contribution in [1.82, 2.24) is 14.9 Å². The van der Waals surface area contributed by atoms with Gasteiger partial charge >= 0.3 is 0 Å². The average molecular weight is 416 g/mol. The molecule has 152 valence electrons. The van der Waals surface area contributed by atoms with Crippen molar-refractivity contribution in [2.75, 3.05) is 20.8 Å². The molecule has 0 aliphatic rings. The van der Waals surface area contributed by atoms with Crippen LogP contribution in [-0.2, 0) is 11.8 Å². The number of nitrogens with zero attached hydrogens (tertiary/aromatic N) is 2. The Labute approximate surface area is 174 Å². The number of nitrogens with one attached hydrogen (secondary N) is 1. The quantitative estimate of drug-likeness (QED) is 0.610. The minimum Gasteiger partial charge on any atom is -0.497 e. The first-order valence-electron chi connectivity index (χ1n) is 8.88. The summed E-state index contributed by atoms with van der Waals surface area (Å²) in [4.78, 5) is 17.0. The molecule has 8 heteroatoms. The van der Waals surface area contributed by atoms with Crippen LogP contribution >= 0.6 is 11.6 Å². The molecule has 7 nitrogen and oxygen atoms in total. The van der Waals surface area contributed by atoms with Gasteiger partial charge in [-0.15, -0.1) is 0 Å². The van der Waals surface area contributed by atoms with Crippen LogP contribution in [-0.4, -0.2) is 36.3 Å². The normalized spacial score (nSPS) is 11.6. The molecule has 1 heterocycles. The summed E-state index contributed by atoms with van der Waals surface area (Å²) in [6.07, 6.45) is 3.49. The van der Waals surface area contributed by atoms with Crippen molar-refractivity contribution in [2.45, 2.75) is 6.04 Å². The van der Waals surface area contributed by atoms with Crippen LogP contribution < -0.4 is 19.5 Å². The summed E-state index contributed by atoms with van der Waals surface area (Å²) in [6.45, 7) is -0.149. The Kier molecular flexibility index (Phi) is 6.61. The lowest BCUT2D eigenvalue weighted by Gasteiger charge is -2.20. The number of aryl methyl sites for hydroxylation is 1. The largest absolute Gasteiger partial charge is 0.497 e. The van der Waals surface area contributed by atoms with Gasteiger partial charge in [0.25, 0.3) is 5.91 Å². The van der Waals surface area contributed by atoms with Crippen molar-refractivity contribution < 1.29 is 19.0 Å². The van der Waals surface area contributed by atoms with Crippen LogP contribution in [0.3, 0.4) is 0 Å². The van der Waals surface area contributed by atoms with E-state index in [1.807, 2.05) is 29.9 Å². The highest BCUT2D eigenvalue weighted by atomic mass is 35.5. The fourth-order valence-corrected chi connectivity index (χ4v) is 2.96. The summed E-state index contributed by atoms with van der Waals surface area (Å²) in [5, 5.41) is 3.58. The number of ether oxygens (including phenoxy) is 3. The maximum atomic E-state index is 12.6. The monoisotopic (exact) mass is 415 g/mol. The minimum absolute atomic E-state index is 0.149. The zero-order chi connectivity index (χ0) is 20.8. The maximum Gasteiger partial charge on any atom is 0.258 e. The van der Waals surface area contributed by atoms with Crippen LogP contribution in [0.25, 0.3) is 0 Å². The predicted molar refractivity (Wildman–Crippen MR) is 110 cm³/mol. The van der Waals surface area contributed by atoms with E-state index in [2.05, 4.69) is 10.3 Å². The summed E-state index contributed by atoms with van der Waals surface area (Å²) >= 11 is 5.87. The zero-order valence-electron chi connectivity index (χ0n) is 16.4. The highest BCUT2D eigenvalue weighted by Gasteiger charge is 2.22. The molecule has 0 saturated carbocycles. The molecule has 0 spiro atoms. The first-order chi connectivity index (χ1) is 14.0. The molecule has 0 saturated heterocycles. The first-order valence-corrected chi connectivity index (χ1v) is 9.26. The van der Waals surface area contributed by atoms with Gasteiger partial charge in [-0.3, -0.25) is 4.79 Å². The number of halogens is 1. The Morgan fingerprint density at radius 1 is 1.10 bits per heavy atom. The molecular formula is C21H22ClN3O4. The predicted octanol–water partition coefficient (Wildman–Crippen LogP) is 3.38. The van der Waals surface area contributed by atoms with Gasteiger partial charge in [0.2, 0.25) is 0 Å². The molecule has 0 aliphatic carbocycles. The molecule has 1 amide bonds. The van der Waals surface area contributed by atoms with E-state index in [1.54, 1.807) is 50.7 Å². The molecule has 0 bridgehead atoms. The molecule has 0 aliphatic heterocycles. The van der Waals surface area contributed by atoms with Gasteiger partial charge in [-0.2, -0.15) is 0 Å². The lowest BCUT2D eigenvalue weighted by atomic mass is 10.0. The van der Waals surface area contributed by atoms with Crippen LogP contribution in [0.15, 0.2) is 54.9 Å². The van der Waals surface area contributed by atoms with Crippen LogP contribution in [0.4, 0.5) is 0 Å². The fraction of sp³-hybridized carbons (Fsp3) is 0.238. The highest BCUT2D eigenvalue weighted by molar-refractivity contribution is 6.30. The third-order valence-corrected chi connectivity index (χ3v) is 4.56. The number of aromatic nitrogens is 2. The van der Waals surface area contributed by atoms with E-state index < -0.39 is 6.04 Å². The van der Waals surface area contributed by atoms with Gasteiger partial charge in [-0.1, -0.05) is 11.6 Å². The van der Waals surface area contributed by atoms with Crippen molar-refractivity contribution >= 4 is 17.5 Å². The second-order valence-corrected chi connectivity index (χ2v) is 6.72. The van der Waals surface area contributed by atoms with Crippen molar-refractivity contribution in [3.05, 3.63) is 71.3 Å². The number of benzene rings is 2. The van der Waals surface area contributed by atoms with E-state index in [-0.39, 0.29) is 12.5 Å². The Hall–Kier alpha value is -3.19. The summed E-state index contributed by atoms with van der Waals surface area (Å²) < 4.78 is 18.1. The number of hydrogen-bond donors (Lipinski definition) is 1. The summed E-state index contributed by atoms with van der Waals surface area (Å²) in [7, 11) is 5.02. The molecule has 3 aromatic rings. The van der Waals surface area contributed by atoms with Gasteiger partial charge in [0.15, 0.2) is 6.61 Å². The summed E-state index contributed by atoms with van der Waals surface area (Å²) in [5.74, 6) is 2.16. The zero-order valence-corrected chi connectivity index (χ0v) is 17.1. The van der Waals surface area contributed by atoms with Crippen LogP contribution in [0.2, 0.25) is 5.02 Å². The lowest BCUT2D eigenvalue weighted by molar-refractivity contribution is -0.123.